The molecule has 2 nitrogen and oxygen atoms in total. The highest BCUT2D eigenvalue weighted by Crippen LogP contribution is 2.54. The Bertz CT molecular complexity index is 3410. The zero-order chi connectivity index (χ0) is 46.2. The maximum Gasteiger partial charge on any atom is 0.129 e. The molecule has 0 heterocycles. The van der Waals surface area contributed by atoms with Gasteiger partial charge < -0.3 is 5.32 Å². The summed E-state index contributed by atoms with van der Waals surface area (Å²) in [6, 6.07) is 70.9. The van der Waals surface area contributed by atoms with Crippen LogP contribution in [0.25, 0.3) is 76.5 Å². The van der Waals surface area contributed by atoms with Gasteiger partial charge in [-0.3, -0.25) is 5.41 Å². The standard InChI is InChI=1S/C59H46N2.C3H8.C2H6/c1-58(2)51-20-12-13-21-52(51)59(3,4)54-36-50-49(35-53(54)58)55(44-28-24-37-14-8-10-16-41(37)32-44)47-31-30-43(34-48(47)56(50)45-29-25-38-15-9-11-17-42(38)33-45)39-22-26-40(27-23-39)57(60)61-46-18-6-5-7-19-46;1-3-2;1-2/h5-36H,1-4H3,(H2,60,61);3H2,1-2H3;1-2H3. The molecule has 0 bridgehead atoms. The summed E-state index contributed by atoms with van der Waals surface area (Å²) in [5.41, 5.74) is 14.1. The monoisotopic (exact) mass is 856 g/mol. The molecule has 0 saturated carbocycles. The molecule has 0 saturated heterocycles. The normalized spacial score (nSPS) is 13.2. The van der Waals surface area contributed by atoms with Crippen LogP contribution in [0.5, 0.6) is 0 Å². The molecule has 0 spiro atoms. The summed E-state index contributed by atoms with van der Waals surface area (Å²) < 4.78 is 0. The molecule has 11 rings (SSSR count). The molecule has 1 aliphatic rings. The van der Waals surface area contributed by atoms with Crippen molar-refractivity contribution < 1.29 is 0 Å². The fraction of sp³-hybridized carbons (Fsp3) is 0.172. The first-order chi connectivity index (χ1) is 32.1. The minimum absolute atomic E-state index is 0.197. The van der Waals surface area contributed by atoms with Crippen LogP contribution in [0.3, 0.4) is 0 Å². The highest BCUT2D eigenvalue weighted by molar-refractivity contribution is 6.23. The number of nitrogens with one attached hydrogen (secondary N) is 2. The highest BCUT2D eigenvalue weighted by atomic mass is 14.9. The third kappa shape index (κ3) is 7.75. The van der Waals surface area contributed by atoms with Crippen LogP contribution in [0.2, 0.25) is 0 Å². The van der Waals surface area contributed by atoms with Crippen LogP contribution in [-0.4, -0.2) is 5.84 Å². The summed E-state index contributed by atoms with van der Waals surface area (Å²) in [5, 5.41) is 22.0. The number of rotatable bonds is 5. The summed E-state index contributed by atoms with van der Waals surface area (Å²) in [6.45, 7) is 17.9. The first-order valence-corrected chi connectivity index (χ1v) is 23.7. The molecule has 0 radical (unpaired) electrons. The molecule has 326 valence electrons. The third-order valence-electron chi connectivity index (χ3n) is 13.5. The molecule has 0 aromatic heterocycles. The summed E-state index contributed by atoms with van der Waals surface area (Å²) in [7, 11) is 0. The van der Waals surface area contributed by atoms with Crippen LogP contribution in [0.1, 0.15) is 89.6 Å². The van der Waals surface area contributed by atoms with E-state index in [2.05, 4.69) is 211 Å². The average molecular weight is 857 g/mol. The maximum atomic E-state index is 8.81. The maximum absolute atomic E-state index is 8.81. The van der Waals surface area contributed by atoms with Crippen LogP contribution < -0.4 is 5.32 Å². The van der Waals surface area contributed by atoms with Crippen LogP contribution in [-0.2, 0) is 10.8 Å². The minimum atomic E-state index is -0.207. The van der Waals surface area contributed by atoms with Gasteiger partial charge in [-0.1, -0.05) is 213 Å². The van der Waals surface area contributed by atoms with Crippen LogP contribution in [0, 0.1) is 5.41 Å². The van der Waals surface area contributed by atoms with Gasteiger partial charge in [-0.25, -0.2) is 0 Å². The molecule has 2 N–H and O–H groups in total. The number of fused-ring (bicyclic) bond motifs is 6. The number of anilines is 1. The Kier molecular flexibility index (Phi) is 11.9. The molecule has 2 heteroatoms. The van der Waals surface area contributed by atoms with Crippen LogP contribution >= 0.6 is 0 Å². The Morgan fingerprint density at radius 3 is 1.32 bits per heavy atom. The van der Waals surface area contributed by atoms with E-state index in [1.165, 1.54) is 94.0 Å². The van der Waals surface area contributed by atoms with E-state index in [4.69, 9.17) is 5.41 Å². The van der Waals surface area contributed by atoms with Crippen molar-refractivity contribution in [1.82, 2.24) is 0 Å². The van der Waals surface area contributed by atoms with Crippen LogP contribution in [0.15, 0.2) is 194 Å². The second-order valence-corrected chi connectivity index (χ2v) is 18.5. The van der Waals surface area contributed by atoms with Gasteiger partial charge in [0.2, 0.25) is 0 Å². The molecular weight excluding hydrogens is 797 g/mol. The van der Waals surface area contributed by atoms with Crippen molar-refractivity contribution in [3.05, 3.63) is 222 Å². The number of benzene rings is 10. The Morgan fingerprint density at radius 2 is 0.803 bits per heavy atom. The van der Waals surface area contributed by atoms with E-state index in [-0.39, 0.29) is 10.8 Å². The zero-order valence-electron chi connectivity index (χ0n) is 39.7. The fourth-order valence-electron chi connectivity index (χ4n) is 10.2. The van der Waals surface area contributed by atoms with Gasteiger partial charge in [0.05, 0.1) is 0 Å². The van der Waals surface area contributed by atoms with Crippen molar-refractivity contribution in [3.63, 3.8) is 0 Å². The predicted octanol–water partition coefficient (Wildman–Crippen LogP) is 18.1. The van der Waals surface area contributed by atoms with E-state index in [1.54, 1.807) is 0 Å². The van der Waals surface area contributed by atoms with Crippen LogP contribution in [0.4, 0.5) is 5.69 Å². The molecule has 0 unspecified atom stereocenters. The Morgan fingerprint density at radius 1 is 0.394 bits per heavy atom. The van der Waals surface area contributed by atoms with Crippen molar-refractivity contribution in [2.75, 3.05) is 5.32 Å². The van der Waals surface area contributed by atoms with E-state index < -0.39 is 0 Å². The summed E-state index contributed by atoms with van der Waals surface area (Å²) in [6.07, 6.45) is 1.25. The molecule has 0 fully saturated rings. The fourth-order valence-corrected chi connectivity index (χ4v) is 10.2. The number of para-hydroxylation sites is 1. The zero-order valence-corrected chi connectivity index (χ0v) is 39.7. The Labute approximate surface area is 391 Å². The molecule has 0 amide bonds. The second-order valence-electron chi connectivity index (χ2n) is 18.5. The minimum Gasteiger partial charge on any atom is -0.340 e. The van der Waals surface area contributed by atoms with Crippen molar-refractivity contribution in [1.29, 1.82) is 5.41 Å². The summed E-state index contributed by atoms with van der Waals surface area (Å²) in [4.78, 5) is 0. The summed E-state index contributed by atoms with van der Waals surface area (Å²) in [5.74, 6) is 0.374. The van der Waals surface area contributed by atoms with E-state index in [0.29, 0.717) is 5.84 Å². The smallest absolute Gasteiger partial charge is 0.129 e. The molecular formula is C64H60N2. The SMILES string of the molecule is CC.CC1(C)c2ccccc2C(C)(C)c2cc3c(-c4ccc5ccccc5c4)c4cc(-c5ccc(C(=N)Nc6ccccc6)cc5)ccc4c(-c4ccc5ccccc5c4)c3cc21.CCC. The third-order valence-corrected chi connectivity index (χ3v) is 13.5. The van der Waals surface area contributed by atoms with Gasteiger partial charge in [0, 0.05) is 22.1 Å². The summed E-state index contributed by atoms with van der Waals surface area (Å²) >= 11 is 0. The lowest BCUT2D eigenvalue weighted by molar-refractivity contribution is 0.522. The van der Waals surface area contributed by atoms with Crippen molar-refractivity contribution in [2.45, 2.75) is 72.6 Å². The van der Waals surface area contributed by atoms with E-state index in [0.717, 1.165) is 22.4 Å². The molecule has 66 heavy (non-hydrogen) atoms. The average Bonchev–Trinajstić information content (AvgIpc) is 3.35. The first kappa shape index (κ1) is 43.9. The number of amidine groups is 1. The number of hydrogen-bond acceptors (Lipinski definition) is 1. The van der Waals surface area contributed by atoms with Crippen molar-refractivity contribution in [3.8, 4) is 33.4 Å². The topological polar surface area (TPSA) is 35.9 Å². The lowest BCUT2D eigenvalue weighted by atomic mass is 9.59. The highest BCUT2D eigenvalue weighted by Gasteiger charge is 2.42. The predicted molar refractivity (Wildman–Crippen MR) is 288 cm³/mol. The molecule has 0 atom stereocenters. The van der Waals surface area contributed by atoms with E-state index >= 15 is 0 Å². The lowest BCUT2D eigenvalue weighted by Gasteiger charge is -2.44. The van der Waals surface area contributed by atoms with Gasteiger partial charge in [-0.15, -0.1) is 0 Å². The second kappa shape index (κ2) is 17.9. The number of hydrogen-bond donors (Lipinski definition) is 2. The van der Waals surface area contributed by atoms with Gasteiger partial charge in [0.1, 0.15) is 5.84 Å². The van der Waals surface area contributed by atoms with Gasteiger partial charge in [0.25, 0.3) is 0 Å². The van der Waals surface area contributed by atoms with Gasteiger partial charge in [-0.2, -0.15) is 0 Å². The Hall–Kier alpha value is -7.29. The van der Waals surface area contributed by atoms with Gasteiger partial charge in [0.15, 0.2) is 0 Å². The molecule has 10 aromatic carbocycles. The largest absolute Gasteiger partial charge is 0.340 e. The van der Waals surface area contributed by atoms with Gasteiger partial charge >= 0.3 is 0 Å². The first-order valence-electron chi connectivity index (χ1n) is 23.7. The lowest BCUT2D eigenvalue weighted by Crippen LogP contribution is -2.36. The van der Waals surface area contributed by atoms with Crippen molar-refractivity contribution in [2.24, 2.45) is 0 Å². The van der Waals surface area contributed by atoms with Crippen molar-refractivity contribution >= 4 is 54.6 Å². The Balaban J connectivity index is 0.00000105. The quantitative estimate of drug-likeness (QED) is 0.101. The molecule has 1 aliphatic carbocycles. The van der Waals surface area contributed by atoms with Gasteiger partial charge in [-0.05, 0) is 141 Å². The molecule has 0 aliphatic heterocycles. The van der Waals surface area contributed by atoms with E-state index in [9.17, 15) is 0 Å². The molecule has 10 aromatic rings. The van der Waals surface area contributed by atoms with E-state index in [1.807, 2.05) is 44.2 Å².